The third kappa shape index (κ3) is 3.34. The van der Waals surface area contributed by atoms with Gasteiger partial charge in [0, 0.05) is 24.8 Å². The number of aryl methyl sites for hydroxylation is 1. The van der Waals surface area contributed by atoms with E-state index in [-0.39, 0.29) is 0 Å². The zero-order valence-electron chi connectivity index (χ0n) is 11.4. The summed E-state index contributed by atoms with van der Waals surface area (Å²) in [7, 11) is 2.20. The molecule has 1 saturated heterocycles. The Bertz CT molecular complexity index is 376. The molecule has 2 heterocycles. The Morgan fingerprint density at radius 2 is 2.39 bits per heavy atom. The summed E-state index contributed by atoms with van der Waals surface area (Å²) in [6, 6.07) is 2.69. The minimum Gasteiger partial charge on any atom is -0.464 e. The maximum absolute atomic E-state index is 5.68. The van der Waals surface area contributed by atoms with E-state index < -0.39 is 0 Å². The van der Waals surface area contributed by atoms with Crippen LogP contribution in [0.4, 0.5) is 0 Å². The van der Waals surface area contributed by atoms with Crippen molar-refractivity contribution in [3.63, 3.8) is 0 Å². The van der Waals surface area contributed by atoms with Crippen molar-refractivity contribution >= 4 is 0 Å². The maximum atomic E-state index is 5.68. The lowest BCUT2D eigenvalue weighted by Crippen LogP contribution is -2.26. The summed E-state index contributed by atoms with van der Waals surface area (Å²) in [5, 5.41) is 0. The molecular formula is C14H24N2O2. The molecule has 1 aliphatic rings. The van der Waals surface area contributed by atoms with Crippen LogP contribution >= 0.6 is 0 Å². The summed E-state index contributed by atoms with van der Waals surface area (Å²) in [5.74, 6) is 1.79. The van der Waals surface area contributed by atoms with Crippen LogP contribution in [0, 0.1) is 6.92 Å². The average molecular weight is 252 g/mol. The van der Waals surface area contributed by atoms with E-state index in [9.17, 15) is 0 Å². The number of nitrogens with two attached hydrogens (primary N) is 1. The Morgan fingerprint density at radius 3 is 3.00 bits per heavy atom. The number of hydrogen-bond acceptors (Lipinski definition) is 4. The van der Waals surface area contributed by atoms with Crippen molar-refractivity contribution in [2.24, 2.45) is 5.73 Å². The van der Waals surface area contributed by atoms with Gasteiger partial charge >= 0.3 is 0 Å². The van der Waals surface area contributed by atoms with Gasteiger partial charge in [-0.25, -0.2) is 0 Å². The van der Waals surface area contributed by atoms with Gasteiger partial charge in [-0.1, -0.05) is 0 Å². The summed E-state index contributed by atoms with van der Waals surface area (Å²) in [6.07, 6.45) is 3.73. The van der Waals surface area contributed by atoms with Gasteiger partial charge in [0.15, 0.2) is 0 Å². The average Bonchev–Trinajstić information content (AvgIpc) is 2.91. The van der Waals surface area contributed by atoms with E-state index in [1.165, 1.54) is 19.4 Å². The minimum absolute atomic E-state index is 0.530. The van der Waals surface area contributed by atoms with Crippen LogP contribution in [-0.2, 0) is 17.9 Å². The molecule has 0 spiro atoms. The molecule has 18 heavy (non-hydrogen) atoms. The number of rotatable bonds is 6. The molecule has 1 aromatic rings. The molecule has 0 aromatic carbocycles. The molecule has 0 radical (unpaired) electrons. The second-order valence-electron chi connectivity index (χ2n) is 5.12. The van der Waals surface area contributed by atoms with Crippen LogP contribution in [0.25, 0.3) is 0 Å². The van der Waals surface area contributed by atoms with Crippen LogP contribution in [0.5, 0.6) is 0 Å². The van der Waals surface area contributed by atoms with Crippen LogP contribution in [0.2, 0.25) is 0 Å². The number of ether oxygens (including phenoxy) is 1. The first-order valence-corrected chi connectivity index (χ1v) is 6.77. The van der Waals surface area contributed by atoms with Gasteiger partial charge in [0.1, 0.15) is 18.1 Å². The summed E-state index contributed by atoms with van der Waals surface area (Å²) < 4.78 is 11.3. The molecule has 1 aromatic heterocycles. The van der Waals surface area contributed by atoms with E-state index in [1.54, 1.807) is 0 Å². The standard InChI is InChI=1S/C14H24N2O2/c1-11-12(9-15)8-14(18-11)10-17-7-5-13-4-3-6-16(13)2/h8,13H,3-7,9-10,15H2,1-2H3. The van der Waals surface area contributed by atoms with Gasteiger partial charge in [-0.15, -0.1) is 0 Å². The molecule has 1 fully saturated rings. The Morgan fingerprint density at radius 1 is 1.56 bits per heavy atom. The van der Waals surface area contributed by atoms with Crippen molar-refractivity contribution in [3.8, 4) is 0 Å². The molecule has 0 saturated carbocycles. The Kier molecular flexibility index (Phi) is 4.80. The van der Waals surface area contributed by atoms with E-state index >= 15 is 0 Å². The predicted molar refractivity (Wildman–Crippen MR) is 71.3 cm³/mol. The first-order chi connectivity index (χ1) is 8.70. The van der Waals surface area contributed by atoms with Crippen molar-refractivity contribution in [2.45, 2.75) is 45.4 Å². The molecule has 0 aliphatic carbocycles. The molecule has 4 nitrogen and oxygen atoms in total. The van der Waals surface area contributed by atoms with E-state index in [0.29, 0.717) is 19.2 Å². The van der Waals surface area contributed by atoms with Crippen molar-refractivity contribution in [3.05, 3.63) is 23.2 Å². The fourth-order valence-corrected chi connectivity index (χ4v) is 2.60. The van der Waals surface area contributed by atoms with Gasteiger partial charge in [0.05, 0.1) is 0 Å². The third-order valence-electron chi connectivity index (χ3n) is 3.80. The van der Waals surface area contributed by atoms with Gasteiger partial charge in [0.25, 0.3) is 0 Å². The number of likely N-dealkylation sites (tertiary alicyclic amines) is 1. The maximum Gasteiger partial charge on any atom is 0.130 e. The largest absolute Gasteiger partial charge is 0.464 e. The summed E-state index contributed by atoms with van der Waals surface area (Å²) in [5.41, 5.74) is 6.68. The van der Waals surface area contributed by atoms with Crippen molar-refractivity contribution in [2.75, 3.05) is 20.2 Å². The molecule has 2 N–H and O–H groups in total. The van der Waals surface area contributed by atoms with Crippen LogP contribution in [0.3, 0.4) is 0 Å². The van der Waals surface area contributed by atoms with Crippen molar-refractivity contribution in [1.82, 2.24) is 4.90 Å². The molecule has 1 unspecified atom stereocenters. The number of hydrogen-bond donors (Lipinski definition) is 1. The molecule has 4 heteroatoms. The SMILES string of the molecule is Cc1oc(COCCC2CCCN2C)cc1CN. The summed E-state index contributed by atoms with van der Waals surface area (Å²) >= 11 is 0. The highest BCUT2D eigenvalue weighted by molar-refractivity contribution is 5.19. The fourth-order valence-electron chi connectivity index (χ4n) is 2.60. The van der Waals surface area contributed by atoms with Gasteiger partial charge in [-0.3, -0.25) is 0 Å². The van der Waals surface area contributed by atoms with Gasteiger partial charge < -0.3 is 19.8 Å². The van der Waals surface area contributed by atoms with Crippen LogP contribution in [-0.4, -0.2) is 31.1 Å². The highest BCUT2D eigenvalue weighted by Gasteiger charge is 2.20. The Balaban J connectivity index is 1.68. The molecule has 102 valence electrons. The Hall–Kier alpha value is -0.840. The zero-order chi connectivity index (χ0) is 13.0. The van der Waals surface area contributed by atoms with Crippen LogP contribution < -0.4 is 5.73 Å². The molecule has 0 bridgehead atoms. The lowest BCUT2D eigenvalue weighted by atomic mass is 10.1. The number of nitrogens with zero attached hydrogens (tertiary/aromatic N) is 1. The van der Waals surface area contributed by atoms with Crippen LogP contribution in [0.15, 0.2) is 10.5 Å². The second kappa shape index (κ2) is 6.36. The normalized spacial score (nSPS) is 20.7. The van der Waals surface area contributed by atoms with E-state index in [2.05, 4.69) is 11.9 Å². The lowest BCUT2D eigenvalue weighted by molar-refractivity contribution is 0.0889. The summed E-state index contributed by atoms with van der Waals surface area (Å²) in [4.78, 5) is 2.42. The van der Waals surface area contributed by atoms with E-state index in [1.807, 2.05) is 13.0 Å². The van der Waals surface area contributed by atoms with Crippen molar-refractivity contribution < 1.29 is 9.15 Å². The predicted octanol–water partition coefficient (Wildman–Crippen LogP) is 2.05. The fraction of sp³-hybridized carbons (Fsp3) is 0.714. The molecular weight excluding hydrogens is 228 g/mol. The smallest absolute Gasteiger partial charge is 0.130 e. The van der Waals surface area contributed by atoms with E-state index in [0.717, 1.165) is 30.1 Å². The molecule has 0 amide bonds. The topological polar surface area (TPSA) is 51.6 Å². The highest BCUT2D eigenvalue weighted by atomic mass is 16.5. The van der Waals surface area contributed by atoms with Crippen molar-refractivity contribution in [1.29, 1.82) is 0 Å². The first kappa shape index (κ1) is 13.6. The zero-order valence-corrected chi connectivity index (χ0v) is 11.4. The number of furan rings is 1. The van der Waals surface area contributed by atoms with Gasteiger partial charge in [-0.2, -0.15) is 0 Å². The third-order valence-corrected chi connectivity index (χ3v) is 3.80. The second-order valence-corrected chi connectivity index (χ2v) is 5.12. The minimum atomic E-state index is 0.530. The Labute approximate surface area is 109 Å². The lowest BCUT2D eigenvalue weighted by Gasteiger charge is -2.18. The van der Waals surface area contributed by atoms with E-state index in [4.69, 9.17) is 14.9 Å². The van der Waals surface area contributed by atoms with Crippen LogP contribution in [0.1, 0.15) is 36.3 Å². The van der Waals surface area contributed by atoms with Gasteiger partial charge in [-0.05, 0) is 45.8 Å². The van der Waals surface area contributed by atoms with Gasteiger partial charge in [0.2, 0.25) is 0 Å². The summed E-state index contributed by atoms with van der Waals surface area (Å²) in [6.45, 7) is 5.05. The monoisotopic (exact) mass is 252 g/mol. The molecule has 1 aliphatic heterocycles. The highest BCUT2D eigenvalue weighted by Crippen LogP contribution is 2.18. The molecule has 2 rings (SSSR count). The molecule has 1 atom stereocenters. The quantitative estimate of drug-likeness (QED) is 0.787. The first-order valence-electron chi connectivity index (χ1n) is 6.77.